The minimum absolute atomic E-state index is 0.269. The van der Waals surface area contributed by atoms with Crippen molar-refractivity contribution in [3.8, 4) is 5.75 Å². The number of hydrogen-bond acceptors (Lipinski definition) is 3. The van der Waals surface area contributed by atoms with Crippen LogP contribution in [0.3, 0.4) is 0 Å². The van der Waals surface area contributed by atoms with E-state index in [2.05, 4.69) is 0 Å². The highest BCUT2D eigenvalue weighted by molar-refractivity contribution is 7.92. The SMILES string of the molecule is Cc1c(C)c(S(=O)(=O)C(C)(C)C)c(C)c2c1OC(C)(C)C2. The Bertz CT molecular complexity index is 705. The molecular formula is C17H26O3S. The molecule has 0 radical (unpaired) electrons. The summed E-state index contributed by atoms with van der Waals surface area (Å²) in [4.78, 5) is 0.493. The third kappa shape index (κ3) is 2.37. The van der Waals surface area contributed by atoms with Crippen molar-refractivity contribution in [2.45, 2.75) is 77.1 Å². The summed E-state index contributed by atoms with van der Waals surface area (Å²) in [6, 6.07) is 0. The molecule has 0 unspecified atom stereocenters. The molecule has 0 aliphatic carbocycles. The normalized spacial score (nSPS) is 17.5. The highest BCUT2D eigenvalue weighted by Gasteiger charge is 2.39. The van der Waals surface area contributed by atoms with Gasteiger partial charge in [0.2, 0.25) is 0 Å². The van der Waals surface area contributed by atoms with Crippen LogP contribution in [-0.4, -0.2) is 18.8 Å². The van der Waals surface area contributed by atoms with E-state index in [1.165, 1.54) is 0 Å². The van der Waals surface area contributed by atoms with E-state index in [9.17, 15) is 8.42 Å². The zero-order valence-electron chi connectivity index (χ0n) is 14.3. The molecule has 1 aromatic carbocycles. The van der Waals surface area contributed by atoms with Crippen LogP contribution < -0.4 is 4.74 Å². The van der Waals surface area contributed by atoms with E-state index in [1.54, 1.807) is 20.8 Å². The van der Waals surface area contributed by atoms with Crippen LogP contribution in [0, 0.1) is 20.8 Å². The fourth-order valence-corrected chi connectivity index (χ4v) is 4.65. The van der Waals surface area contributed by atoms with E-state index >= 15 is 0 Å². The van der Waals surface area contributed by atoms with Crippen LogP contribution in [0.5, 0.6) is 5.75 Å². The molecule has 4 heteroatoms. The number of benzene rings is 1. The van der Waals surface area contributed by atoms with Crippen LogP contribution in [0.25, 0.3) is 0 Å². The van der Waals surface area contributed by atoms with Crippen molar-refractivity contribution in [1.82, 2.24) is 0 Å². The molecule has 0 atom stereocenters. The molecule has 0 aromatic heterocycles. The Hall–Kier alpha value is -1.03. The van der Waals surface area contributed by atoms with Crippen LogP contribution in [0.2, 0.25) is 0 Å². The zero-order valence-corrected chi connectivity index (χ0v) is 15.2. The molecule has 21 heavy (non-hydrogen) atoms. The predicted octanol–water partition coefficient (Wildman–Crippen LogP) is 3.90. The molecule has 1 heterocycles. The molecular weight excluding hydrogens is 284 g/mol. The van der Waals surface area contributed by atoms with Gasteiger partial charge in [-0.15, -0.1) is 0 Å². The molecule has 2 rings (SSSR count). The van der Waals surface area contributed by atoms with Crippen LogP contribution in [-0.2, 0) is 16.3 Å². The van der Waals surface area contributed by atoms with Gasteiger partial charge in [0.05, 0.1) is 9.64 Å². The maximum atomic E-state index is 13.0. The predicted molar refractivity (Wildman–Crippen MR) is 86.0 cm³/mol. The summed E-state index contributed by atoms with van der Waals surface area (Å²) in [6.07, 6.45) is 0.752. The first-order chi connectivity index (χ1) is 9.29. The maximum absolute atomic E-state index is 13.0. The number of hydrogen-bond donors (Lipinski definition) is 0. The largest absolute Gasteiger partial charge is 0.487 e. The molecule has 1 aliphatic rings. The van der Waals surface area contributed by atoms with Gasteiger partial charge in [0.15, 0.2) is 9.84 Å². The lowest BCUT2D eigenvalue weighted by Crippen LogP contribution is -2.29. The topological polar surface area (TPSA) is 43.4 Å². The molecule has 118 valence electrons. The summed E-state index contributed by atoms with van der Waals surface area (Å²) < 4.78 is 31.2. The molecule has 0 N–H and O–H groups in total. The van der Waals surface area contributed by atoms with Gasteiger partial charge in [-0.25, -0.2) is 8.42 Å². The van der Waals surface area contributed by atoms with Gasteiger partial charge in [-0.3, -0.25) is 0 Å². The Morgan fingerprint density at radius 1 is 1.00 bits per heavy atom. The second-order valence-electron chi connectivity index (χ2n) is 7.67. The van der Waals surface area contributed by atoms with Crippen LogP contribution in [0.1, 0.15) is 56.9 Å². The summed E-state index contributed by atoms with van der Waals surface area (Å²) in [5, 5.41) is 0. The summed E-state index contributed by atoms with van der Waals surface area (Å²) in [5.74, 6) is 0.878. The van der Waals surface area contributed by atoms with Gasteiger partial charge in [0.25, 0.3) is 0 Å². The van der Waals surface area contributed by atoms with E-state index < -0.39 is 14.6 Å². The molecule has 0 saturated heterocycles. The molecule has 0 bridgehead atoms. The molecule has 0 spiro atoms. The quantitative estimate of drug-likeness (QED) is 0.790. The van der Waals surface area contributed by atoms with Gasteiger partial charge in [0, 0.05) is 12.0 Å². The van der Waals surface area contributed by atoms with Crippen molar-refractivity contribution >= 4 is 9.84 Å². The Labute approximate surface area is 128 Å². The van der Waals surface area contributed by atoms with Gasteiger partial charge in [-0.05, 0) is 72.1 Å². The summed E-state index contributed by atoms with van der Waals surface area (Å²) in [6.45, 7) is 15.1. The minimum Gasteiger partial charge on any atom is -0.487 e. The summed E-state index contributed by atoms with van der Waals surface area (Å²) >= 11 is 0. The molecule has 1 aromatic rings. The second kappa shape index (κ2) is 4.48. The number of rotatable bonds is 1. The average Bonchev–Trinajstić information content (AvgIpc) is 2.61. The molecule has 1 aliphatic heterocycles. The lowest BCUT2D eigenvalue weighted by Gasteiger charge is -2.24. The standard InChI is InChI=1S/C17H26O3S/c1-10-11(2)15(21(18,19)16(4,5)6)12(3)13-9-17(7,8)20-14(10)13/h9H2,1-8H3. The summed E-state index contributed by atoms with van der Waals surface area (Å²) in [7, 11) is -3.37. The van der Waals surface area contributed by atoms with Crippen LogP contribution in [0.15, 0.2) is 4.90 Å². The Morgan fingerprint density at radius 2 is 1.52 bits per heavy atom. The number of sulfone groups is 1. The van der Waals surface area contributed by atoms with Crippen molar-refractivity contribution < 1.29 is 13.2 Å². The second-order valence-corrected chi connectivity index (χ2v) is 10.3. The maximum Gasteiger partial charge on any atom is 0.183 e. The number of ether oxygens (including phenoxy) is 1. The fourth-order valence-electron chi connectivity index (χ4n) is 2.95. The van der Waals surface area contributed by atoms with Crippen LogP contribution in [0.4, 0.5) is 0 Å². The lowest BCUT2D eigenvalue weighted by molar-refractivity contribution is 0.137. The van der Waals surface area contributed by atoms with Gasteiger partial charge in [-0.2, -0.15) is 0 Å². The third-order valence-corrected chi connectivity index (χ3v) is 7.13. The minimum atomic E-state index is -3.37. The molecule has 0 amide bonds. The smallest absolute Gasteiger partial charge is 0.183 e. The van der Waals surface area contributed by atoms with Gasteiger partial charge >= 0.3 is 0 Å². The first-order valence-corrected chi connectivity index (χ1v) is 8.84. The van der Waals surface area contributed by atoms with Gasteiger partial charge < -0.3 is 4.74 Å². The van der Waals surface area contributed by atoms with Crippen molar-refractivity contribution in [1.29, 1.82) is 0 Å². The number of fused-ring (bicyclic) bond motifs is 1. The van der Waals surface area contributed by atoms with E-state index in [4.69, 9.17) is 4.74 Å². The van der Waals surface area contributed by atoms with E-state index in [-0.39, 0.29) is 5.60 Å². The zero-order chi connectivity index (χ0) is 16.4. The van der Waals surface area contributed by atoms with Crippen LogP contribution >= 0.6 is 0 Å². The van der Waals surface area contributed by atoms with E-state index in [1.807, 2.05) is 34.6 Å². The average molecular weight is 310 g/mol. The molecule has 0 saturated carbocycles. The molecule has 3 nitrogen and oxygen atoms in total. The monoisotopic (exact) mass is 310 g/mol. The van der Waals surface area contributed by atoms with E-state index in [0.29, 0.717) is 4.90 Å². The highest BCUT2D eigenvalue weighted by atomic mass is 32.2. The third-order valence-electron chi connectivity index (χ3n) is 4.37. The first-order valence-electron chi connectivity index (χ1n) is 7.36. The van der Waals surface area contributed by atoms with Crippen molar-refractivity contribution in [2.75, 3.05) is 0 Å². The molecule has 0 fully saturated rings. The van der Waals surface area contributed by atoms with Crippen molar-refractivity contribution in [2.24, 2.45) is 0 Å². The van der Waals surface area contributed by atoms with Gasteiger partial charge in [0.1, 0.15) is 11.4 Å². The van der Waals surface area contributed by atoms with Crippen molar-refractivity contribution in [3.63, 3.8) is 0 Å². The first kappa shape index (κ1) is 16.3. The Morgan fingerprint density at radius 3 is 2.00 bits per heavy atom. The Kier molecular flexibility index (Phi) is 3.49. The summed E-state index contributed by atoms with van der Waals surface area (Å²) in [5.41, 5.74) is 3.40. The highest BCUT2D eigenvalue weighted by Crippen LogP contribution is 2.45. The van der Waals surface area contributed by atoms with Gasteiger partial charge in [-0.1, -0.05) is 0 Å². The van der Waals surface area contributed by atoms with E-state index in [0.717, 1.165) is 34.4 Å². The van der Waals surface area contributed by atoms with Crippen molar-refractivity contribution in [3.05, 3.63) is 22.3 Å². The Balaban J connectivity index is 2.83. The lowest BCUT2D eigenvalue weighted by atomic mass is 9.94. The fraction of sp³-hybridized carbons (Fsp3) is 0.647.